The van der Waals surface area contributed by atoms with Crippen molar-refractivity contribution in [2.24, 2.45) is 0 Å². The molecule has 0 aliphatic rings. The van der Waals surface area contributed by atoms with Crippen LogP contribution in [0.5, 0.6) is 5.75 Å². The number of rotatable bonds is 0. The zero-order valence-corrected chi connectivity index (χ0v) is 8.52. The number of aromatic hydroxyl groups is 1. The minimum Gasteiger partial charge on any atom is -0.504 e. The molecule has 4 heteroatoms. The van der Waals surface area contributed by atoms with Gasteiger partial charge in [-0.1, -0.05) is 20.8 Å². The summed E-state index contributed by atoms with van der Waals surface area (Å²) < 4.78 is 1.81. The lowest BCUT2D eigenvalue weighted by Gasteiger charge is -2.15. The van der Waals surface area contributed by atoms with E-state index in [1.165, 1.54) is 0 Å². The number of hydrogen-bond donors (Lipinski definition) is 1. The molecule has 0 atom stereocenters. The minimum atomic E-state index is -0.0762. The maximum atomic E-state index is 9.53. The smallest absolute Gasteiger partial charge is 0.203 e. The zero-order chi connectivity index (χ0) is 10.3. The first-order valence-electron chi connectivity index (χ1n) is 4.53. The first-order valence-corrected chi connectivity index (χ1v) is 4.53. The first-order chi connectivity index (χ1) is 6.50. The Kier molecular flexibility index (Phi) is 1.74. The van der Waals surface area contributed by atoms with E-state index in [9.17, 15) is 5.11 Å². The third-order valence-electron chi connectivity index (χ3n) is 2.08. The molecule has 0 fully saturated rings. The van der Waals surface area contributed by atoms with Gasteiger partial charge in [-0.3, -0.25) is 4.40 Å². The van der Waals surface area contributed by atoms with Gasteiger partial charge in [0.2, 0.25) is 5.65 Å². The highest BCUT2D eigenvalue weighted by molar-refractivity contribution is 5.52. The molecule has 0 aliphatic heterocycles. The predicted molar refractivity (Wildman–Crippen MR) is 53.4 cm³/mol. The van der Waals surface area contributed by atoms with Gasteiger partial charge in [0, 0.05) is 11.6 Å². The fourth-order valence-electron chi connectivity index (χ4n) is 1.41. The number of aromatic nitrogens is 3. The van der Waals surface area contributed by atoms with Crippen molar-refractivity contribution >= 4 is 5.65 Å². The maximum absolute atomic E-state index is 9.53. The molecule has 0 saturated carbocycles. The highest BCUT2D eigenvalue weighted by Gasteiger charge is 2.21. The quantitative estimate of drug-likeness (QED) is 0.690. The number of fused-ring (bicyclic) bond motifs is 1. The van der Waals surface area contributed by atoms with Crippen molar-refractivity contribution in [2.75, 3.05) is 0 Å². The van der Waals surface area contributed by atoms with Crippen LogP contribution in [0.3, 0.4) is 0 Å². The van der Waals surface area contributed by atoms with Crippen LogP contribution in [0.15, 0.2) is 18.3 Å². The van der Waals surface area contributed by atoms with Crippen molar-refractivity contribution in [3.63, 3.8) is 0 Å². The van der Waals surface area contributed by atoms with Crippen molar-refractivity contribution in [2.45, 2.75) is 26.2 Å². The molecule has 74 valence electrons. The topological polar surface area (TPSA) is 50.4 Å². The second-order valence-corrected chi connectivity index (χ2v) is 4.36. The fraction of sp³-hybridized carbons (Fsp3) is 0.400. The molecular formula is C10H13N3O. The van der Waals surface area contributed by atoms with Crippen molar-refractivity contribution < 1.29 is 5.11 Å². The van der Waals surface area contributed by atoms with Crippen molar-refractivity contribution in [3.05, 3.63) is 24.2 Å². The zero-order valence-electron chi connectivity index (χ0n) is 8.52. The van der Waals surface area contributed by atoms with Gasteiger partial charge in [0.05, 0.1) is 0 Å². The molecule has 2 heterocycles. The Labute approximate surface area is 82.2 Å². The van der Waals surface area contributed by atoms with Crippen LogP contribution in [0.25, 0.3) is 5.65 Å². The summed E-state index contributed by atoms with van der Waals surface area (Å²) in [7, 11) is 0. The Morgan fingerprint density at radius 1 is 1.29 bits per heavy atom. The molecule has 4 nitrogen and oxygen atoms in total. The fourth-order valence-corrected chi connectivity index (χ4v) is 1.41. The van der Waals surface area contributed by atoms with E-state index in [1.807, 2.05) is 10.6 Å². The van der Waals surface area contributed by atoms with E-state index in [1.54, 1.807) is 12.1 Å². The summed E-state index contributed by atoms with van der Waals surface area (Å²) >= 11 is 0. The molecule has 2 rings (SSSR count). The van der Waals surface area contributed by atoms with Crippen molar-refractivity contribution in [1.29, 1.82) is 0 Å². The van der Waals surface area contributed by atoms with Gasteiger partial charge >= 0.3 is 0 Å². The Hall–Kier alpha value is -1.58. The van der Waals surface area contributed by atoms with E-state index < -0.39 is 0 Å². The lowest BCUT2D eigenvalue weighted by Crippen LogP contribution is -2.15. The average Bonchev–Trinajstić information content (AvgIpc) is 2.47. The van der Waals surface area contributed by atoms with E-state index in [4.69, 9.17) is 0 Å². The van der Waals surface area contributed by atoms with Gasteiger partial charge in [0.25, 0.3) is 0 Å². The normalized spacial score (nSPS) is 12.2. The molecule has 0 aromatic carbocycles. The third kappa shape index (κ3) is 1.23. The highest BCUT2D eigenvalue weighted by atomic mass is 16.3. The van der Waals surface area contributed by atoms with E-state index >= 15 is 0 Å². The summed E-state index contributed by atoms with van der Waals surface area (Å²) in [5.41, 5.74) is 0.435. The second-order valence-electron chi connectivity index (χ2n) is 4.36. The average molecular weight is 191 g/mol. The lowest BCUT2D eigenvalue weighted by atomic mass is 9.96. The van der Waals surface area contributed by atoms with Gasteiger partial charge in [-0.25, -0.2) is 0 Å². The molecule has 0 unspecified atom stereocenters. The van der Waals surface area contributed by atoms with E-state index in [0.29, 0.717) is 5.65 Å². The van der Waals surface area contributed by atoms with Crippen LogP contribution >= 0.6 is 0 Å². The van der Waals surface area contributed by atoms with Gasteiger partial charge in [-0.2, -0.15) is 0 Å². The molecule has 0 aliphatic carbocycles. The van der Waals surface area contributed by atoms with E-state index in [2.05, 4.69) is 31.0 Å². The summed E-state index contributed by atoms with van der Waals surface area (Å²) in [4.78, 5) is 0. The maximum Gasteiger partial charge on any atom is 0.203 e. The van der Waals surface area contributed by atoms with E-state index in [0.717, 1.165) is 5.82 Å². The predicted octanol–water partition coefficient (Wildman–Crippen LogP) is 1.73. The molecular weight excluding hydrogens is 178 g/mol. The molecule has 1 N–H and O–H groups in total. The number of hydrogen-bond acceptors (Lipinski definition) is 3. The number of pyridine rings is 1. The summed E-state index contributed by atoms with van der Waals surface area (Å²) in [6.07, 6.45) is 1.86. The largest absolute Gasteiger partial charge is 0.504 e. The van der Waals surface area contributed by atoms with Crippen molar-refractivity contribution in [1.82, 2.24) is 14.6 Å². The Balaban J connectivity index is 2.76. The van der Waals surface area contributed by atoms with Gasteiger partial charge in [-0.15, -0.1) is 10.2 Å². The van der Waals surface area contributed by atoms with Crippen LogP contribution in [-0.2, 0) is 5.41 Å². The summed E-state index contributed by atoms with van der Waals surface area (Å²) in [5.74, 6) is 1.01. The van der Waals surface area contributed by atoms with Gasteiger partial charge < -0.3 is 5.11 Å². The molecule has 0 radical (unpaired) electrons. The highest BCUT2D eigenvalue weighted by Crippen LogP contribution is 2.23. The summed E-state index contributed by atoms with van der Waals surface area (Å²) in [6.45, 7) is 6.19. The van der Waals surface area contributed by atoms with Crippen LogP contribution in [0.4, 0.5) is 0 Å². The first kappa shape index (κ1) is 8.99. The molecule has 2 aromatic rings. The molecule has 0 spiro atoms. The van der Waals surface area contributed by atoms with Crippen LogP contribution in [0.1, 0.15) is 26.6 Å². The van der Waals surface area contributed by atoms with Gasteiger partial charge in [-0.05, 0) is 12.1 Å². The third-order valence-corrected chi connectivity index (χ3v) is 2.08. The molecule has 0 bridgehead atoms. The standard InChI is InChI=1S/C10H13N3O/c1-10(2,3)9-12-11-8-7(14)5-4-6-13(8)9/h4-6,14H,1-3H3. The lowest BCUT2D eigenvalue weighted by molar-refractivity contribution is 0.476. The number of nitrogens with zero attached hydrogens (tertiary/aromatic N) is 3. The van der Waals surface area contributed by atoms with Gasteiger partial charge in [0.1, 0.15) is 5.82 Å². The monoisotopic (exact) mass is 191 g/mol. The minimum absolute atomic E-state index is 0.0762. The van der Waals surface area contributed by atoms with Crippen LogP contribution in [-0.4, -0.2) is 19.7 Å². The molecule has 2 aromatic heterocycles. The summed E-state index contributed by atoms with van der Waals surface area (Å²) in [5, 5.41) is 17.6. The Morgan fingerprint density at radius 2 is 2.00 bits per heavy atom. The molecule has 14 heavy (non-hydrogen) atoms. The van der Waals surface area contributed by atoms with Crippen molar-refractivity contribution in [3.8, 4) is 5.75 Å². The van der Waals surface area contributed by atoms with Crippen LogP contribution in [0, 0.1) is 0 Å². The Morgan fingerprint density at radius 3 is 2.64 bits per heavy atom. The molecule has 0 amide bonds. The van der Waals surface area contributed by atoms with Crippen LogP contribution < -0.4 is 0 Å². The molecule has 0 saturated heterocycles. The Bertz CT molecular complexity index is 468. The van der Waals surface area contributed by atoms with Crippen LogP contribution in [0.2, 0.25) is 0 Å². The summed E-state index contributed by atoms with van der Waals surface area (Å²) in [6, 6.07) is 3.39. The van der Waals surface area contributed by atoms with E-state index in [-0.39, 0.29) is 11.2 Å². The SMILES string of the molecule is CC(C)(C)c1nnc2c(O)cccn12. The second kappa shape index (κ2) is 2.70. The van der Waals surface area contributed by atoms with Gasteiger partial charge in [0.15, 0.2) is 5.75 Å².